The summed E-state index contributed by atoms with van der Waals surface area (Å²) in [5.41, 5.74) is 7.64. The zero-order chi connectivity index (χ0) is 14.9. The second-order valence-corrected chi connectivity index (χ2v) is 6.97. The summed E-state index contributed by atoms with van der Waals surface area (Å²) in [7, 11) is -3.71. The Hall–Kier alpha value is -1.60. The monoisotopic (exact) mass is 355 g/mol. The molecule has 2 aromatic rings. The Balaban J connectivity index is 2.43. The predicted octanol–water partition coefficient (Wildman–Crippen LogP) is 2.84. The lowest BCUT2D eigenvalue weighted by Gasteiger charge is -2.11. The molecule has 3 N–H and O–H groups in total. The quantitative estimate of drug-likeness (QED) is 0.829. The number of nitrogen functional groups attached to an aromatic ring is 1. The van der Waals surface area contributed by atoms with Gasteiger partial charge < -0.3 is 5.73 Å². The summed E-state index contributed by atoms with van der Waals surface area (Å²) in [4.78, 5) is 4.13. The summed E-state index contributed by atoms with van der Waals surface area (Å²) in [5, 5.41) is 0. The zero-order valence-corrected chi connectivity index (χ0v) is 13.4. The van der Waals surface area contributed by atoms with Crippen LogP contribution in [0.3, 0.4) is 0 Å². The number of hydrogen-bond donors (Lipinski definition) is 2. The van der Waals surface area contributed by atoms with Gasteiger partial charge in [0.2, 0.25) is 0 Å². The van der Waals surface area contributed by atoms with Crippen molar-refractivity contribution in [2.45, 2.75) is 18.7 Å². The number of halogens is 1. The van der Waals surface area contributed by atoms with Gasteiger partial charge in [0.05, 0.1) is 4.90 Å². The molecule has 0 aliphatic heterocycles. The third-order valence-electron chi connectivity index (χ3n) is 2.74. The molecule has 0 bridgehead atoms. The Bertz CT molecular complexity index is 760. The molecule has 0 spiro atoms. The first-order valence-corrected chi connectivity index (χ1v) is 8.08. The van der Waals surface area contributed by atoms with Gasteiger partial charge in [-0.05, 0) is 65.2 Å². The molecule has 2 rings (SSSR count). The molecule has 0 saturated carbocycles. The molecule has 20 heavy (non-hydrogen) atoms. The van der Waals surface area contributed by atoms with Gasteiger partial charge in [-0.2, -0.15) is 0 Å². The van der Waals surface area contributed by atoms with E-state index in [0.717, 1.165) is 5.56 Å². The summed E-state index contributed by atoms with van der Waals surface area (Å²) in [6.45, 7) is 3.57. The molecule has 5 nitrogen and oxygen atoms in total. The second kappa shape index (κ2) is 5.41. The summed E-state index contributed by atoms with van der Waals surface area (Å²) in [6.07, 6.45) is 1.55. The molecule has 0 amide bonds. The number of nitrogens with zero attached hydrogens (tertiary/aromatic N) is 1. The van der Waals surface area contributed by atoms with Crippen molar-refractivity contribution >= 4 is 37.5 Å². The van der Waals surface area contributed by atoms with Crippen molar-refractivity contribution in [2.24, 2.45) is 0 Å². The third-order valence-corrected chi connectivity index (χ3v) is 4.92. The number of nitrogens with two attached hydrogens (primary N) is 1. The SMILES string of the molecule is Cc1ccnc(NS(=O)(=O)c2cc(N)c(Br)cc2C)c1. The Kier molecular flexibility index (Phi) is 4.01. The standard InChI is InChI=1S/C13H14BrN3O2S/c1-8-3-4-16-13(5-8)17-20(18,19)12-7-11(15)10(14)6-9(12)2/h3-7H,15H2,1-2H3,(H,16,17). The van der Waals surface area contributed by atoms with Crippen LogP contribution in [0.4, 0.5) is 11.5 Å². The van der Waals surface area contributed by atoms with Gasteiger partial charge in [0.15, 0.2) is 0 Å². The van der Waals surface area contributed by atoms with Gasteiger partial charge in [-0.25, -0.2) is 13.4 Å². The molecule has 0 aliphatic carbocycles. The molecule has 0 saturated heterocycles. The molecule has 0 aliphatic rings. The van der Waals surface area contributed by atoms with E-state index < -0.39 is 10.0 Å². The van der Waals surface area contributed by atoms with E-state index in [4.69, 9.17) is 5.73 Å². The van der Waals surface area contributed by atoms with Gasteiger partial charge in [0.25, 0.3) is 10.0 Å². The van der Waals surface area contributed by atoms with Crippen LogP contribution >= 0.6 is 15.9 Å². The molecule has 7 heteroatoms. The minimum Gasteiger partial charge on any atom is -0.398 e. The minimum absolute atomic E-state index is 0.140. The maximum absolute atomic E-state index is 12.4. The van der Waals surface area contributed by atoms with Gasteiger partial charge in [0.1, 0.15) is 5.82 Å². The van der Waals surface area contributed by atoms with Crippen molar-refractivity contribution in [3.63, 3.8) is 0 Å². The number of aromatic nitrogens is 1. The van der Waals surface area contributed by atoms with E-state index in [-0.39, 0.29) is 10.7 Å². The van der Waals surface area contributed by atoms with E-state index in [2.05, 4.69) is 25.6 Å². The van der Waals surface area contributed by atoms with Crippen molar-refractivity contribution in [2.75, 3.05) is 10.5 Å². The van der Waals surface area contributed by atoms with Crippen LogP contribution in [0.15, 0.2) is 39.8 Å². The van der Waals surface area contributed by atoms with Gasteiger partial charge in [-0.1, -0.05) is 0 Å². The highest BCUT2D eigenvalue weighted by Gasteiger charge is 2.19. The number of hydrogen-bond acceptors (Lipinski definition) is 4. The largest absolute Gasteiger partial charge is 0.398 e. The first kappa shape index (κ1) is 14.8. The number of anilines is 2. The first-order chi connectivity index (χ1) is 9.29. The number of rotatable bonds is 3. The van der Waals surface area contributed by atoms with Crippen LogP contribution in [0.5, 0.6) is 0 Å². The number of aryl methyl sites for hydroxylation is 2. The van der Waals surface area contributed by atoms with E-state index >= 15 is 0 Å². The minimum atomic E-state index is -3.71. The summed E-state index contributed by atoms with van der Waals surface area (Å²) >= 11 is 3.27. The highest BCUT2D eigenvalue weighted by atomic mass is 79.9. The van der Waals surface area contributed by atoms with Crippen LogP contribution < -0.4 is 10.5 Å². The summed E-state index contributed by atoms with van der Waals surface area (Å²) in [5.74, 6) is 0.283. The number of benzene rings is 1. The maximum Gasteiger partial charge on any atom is 0.263 e. The zero-order valence-electron chi connectivity index (χ0n) is 11.0. The van der Waals surface area contributed by atoms with Crippen LogP contribution in [-0.2, 0) is 10.0 Å². The third kappa shape index (κ3) is 3.10. The molecule has 1 aromatic carbocycles. The van der Waals surface area contributed by atoms with Crippen molar-refractivity contribution in [1.82, 2.24) is 4.98 Å². The Morgan fingerprint density at radius 1 is 1.25 bits per heavy atom. The molecule has 1 aromatic heterocycles. The first-order valence-electron chi connectivity index (χ1n) is 5.81. The maximum atomic E-state index is 12.4. The average Bonchev–Trinajstić information content (AvgIpc) is 2.33. The number of pyridine rings is 1. The Labute approximate surface area is 126 Å². The van der Waals surface area contributed by atoms with E-state index in [9.17, 15) is 8.42 Å². The van der Waals surface area contributed by atoms with Gasteiger partial charge in [-0.15, -0.1) is 0 Å². The molecule has 0 unspecified atom stereocenters. The molecule has 106 valence electrons. The van der Waals surface area contributed by atoms with Gasteiger partial charge >= 0.3 is 0 Å². The van der Waals surface area contributed by atoms with Crippen molar-refractivity contribution in [3.05, 3.63) is 46.1 Å². The lowest BCUT2D eigenvalue weighted by molar-refractivity contribution is 0.600. The van der Waals surface area contributed by atoms with Gasteiger partial charge in [-0.3, -0.25) is 4.72 Å². The number of nitrogens with one attached hydrogen (secondary N) is 1. The topological polar surface area (TPSA) is 85.1 Å². The fraction of sp³-hybridized carbons (Fsp3) is 0.154. The molecule has 0 fully saturated rings. The van der Waals surface area contributed by atoms with Crippen molar-refractivity contribution < 1.29 is 8.42 Å². The summed E-state index contributed by atoms with van der Waals surface area (Å²) < 4.78 is 27.9. The van der Waals surface area contributed by atoms with E-state index in [1.807, 2.05) is 6.92 Å². The van der Waals surface area contributed by atoms with Crippen LogP contribution in [0.25, 0.3) is 0 Å². The lowest BCUT2D eigenvalue weighted by atomic mass is 10.2. The number of sulfonamides is 1. The van der Waals surface area contributed by atoms with Gasteiger partial charge in [0, 0.05) is 16.4 Å². The highest BCUT2D eigenvalue weighted by molar-refractivity contribution is 9.10. The van der Waals surface area contributed by atoms with Crippen molar-refractivity contribution in [1.29, 1.82) is 0 Å². The summed E-state index contributed by atoms with van der Waals surface area (Å²) in [6, 6.07) is 6.56. The predicted molar refractivity (Wildman–Crippen MR) is 83.1 cm³/mol. The van der Waals surface area contributed by atoms with Crippen LogP contribution in [0.2, 0.25) is 0 Å². The van der Waals surface area contributed by atoms with E-state index in [1.165, 1.54) is 6.07 Å². The molecular formula is C13H14BrN3O2S. The smallest absolute Gasteiger partial charge is 0.263 e. The Morgan fingerprint density at radius 2 is 1.95 bits per heavy atom. The van der Waals surface area contributed by atoms with Crippen LogP contribution in [0.1, 0.15) is 11.1 Å². The average molecular weight is 356 g/mol. The fourth-order valence-corrected chi connectivity index (χ4v) is 3.46. The van der Waals surface area contributed by atoms with E-state index in [1.54, 1.807) is 31.3 Å². The normalized spacial score (nSPS) is 11.3. The fourth-order valence-electron chi connectivity index (χ4n) is 1.74. The molecular weight excluding hydrogens is 342 g/mol. The molecule has 0 atom stereocenters. The second-order valence-electron chi connectivity index (χ2n) is 4.46. The highest BCUT2D eigenvalue weighted by Crippen LogP contribution is 2.27. The van der Waals surface area contributed by atoms with Crippen LogP contribution in [-0.4, -0.2) is 13.4 Å². The Morgan fingerprint density at radius 3 is 2.60 bits per heavy atom. The van der Waals surface area contributed by atoms with Crippen molar-refractivity contribution in [3.8, 4) is 0 Å². The van der Waals surface area contributed by atoms with Crippen LogP contribution in [0, 0.1) is 13.8 Å². The van der Waals surface area contributed by atoms with E-state index in [0.29, 0.717) is 15.7 Å². The lowest BCUT2D eigenvalue weighted by Crippen LogP contribution is -2.15. The molecule has 0 radical (unpaired) electrons. The molecule has 1 heterocycles.